The summed E-state index contributed by atoms with van der Waals surface area (Å²) in [5.41, 5.74) is 3.05. The molecule has 30 heavy (non-hydrogen) atoms. The number of piperazine rings is 1. The van der Waals surface area contributed by atoms with Gasteiger partial charge in [-0.2, -0.15) is 0 Å². The number of carbonyl (C=O) groups excluding carboxylic acids is 1. The van der Waals surface area contributed by atoms with E-state index in [0.717, 1.165) is 48.8 Å². The molecule has 3 N–H and O–H groups in total. The van der Waals surface area contributed by atoms with Gasteiger partial charge in [0, 0.05) is 50.4 Å². The number of aromatic nitrogens is 2. The average molecular weight is 410 g/mol. The van der Waals surface area contributed by atoms with Crippen molar-refractivity contribution in [2.45, 2.75) is 32.4 Å². The van der Waals surface area contributed by atoms with Crippen LogP contribution in [0.4, 0.5) is 16.3 Å². The first-order chi connectivity index (χ1) is 14.4. The van der Waals surface area contributed by atoms with Crippen molar-refractivity contribution in [3.05, 3.63) is 35.9 Å². The number of fused-ring (bicyclic) bond motifs is 1. The van der Waals surface area contributed by atoms with Crippen molar-refractivity contribution in [1.82, 2.24) is 20.8 Å². The molecule has 2 aliphatic rings. The molecule has 0 saturated carbocycles. The molecule has 2 aliphatic heterocycles. The topological polar surface area (TPSA) is 111 Å². The third kappa shape index (κ3) is 3.93. The van der Waals surface area contributed by atoms with E-state index in [9.17, 15) is 14.7 Å². The summed E-state index contributed by atoms with van der Waals surface area (Å²) in [7, 11) is 0. The number of carboxylic acid groups (broad SMARTS) is 1. The molecular weight excluding hydrogens is 384 g/mol. The van der Waals surface area contributed by atoms with Crippen LogP contribution in [0.5, 0.6) is 0 Å². The predicted octanol–water partition coefficient (Wildman–Crippen LogP) is 2.01. The Balaban J connectivity index is 1.67. The number of nitrogens with one attached hydrogen (secondary N) is 2. The van der Waals surface area contributed by atoms with Crippen molar-refractivity contribution in [3.63, 3.8) is 0 Å². The molecule has 0 bridgehead atoms. The Hall–Kier alpha value is -3.20. The number of carbonyl (C=O) groups is 2. The highest BCUT2D eigenvalue weighted by atomic mass is 16.4. The van der Waals surface area contributed by atoms with Gasteiger partial charge in [0.15, 0.2) is 5.82 Å². The number of nitrogens with zero attached hydrogens (tertiary/aromatic N) is 4. The quantitative estimate of drug-likeness (QED) is 0.710. The Kier molecular flexibility index (Phi) is 5.54. The highest BCUT2D eigenvalue weighted by molar-refractivity contribution is 5.94. The second-order valence-electron chi connectivity index (χ2n) is 7.76. The van der Waals surface area contributed by atoms with Gasteiger partial charge in [-0.1, -0.05) is 6.07 Å². The Morgan fingerprint density at radius 3 is 2.57 bits per heavy atom. The lowest BCUT2D eigenvalue weighted by atomic mass is 9.90. The molecule has 2 atom stereocenters. The van der Waals surface area contributed by atoms with Crippen LogP contribution in [-0.2, 0) is 4.79 Å². The van der Waals surface area contributed by atoms with E-state index in [0.29, 0.717) is 12.1 Å². The minimum atomic E-state index is -1.08. The van der Waals surface area contributed by atoms with Crippen molar-refractivity contribution < 1.29 is 14.7 Å². The molecule has 1 aromatic heterocycles. The Morgan fingerprint density at radius 2 is 1.93 bits per heavy atom. The van der Waals surface area contributed by atoms with E-state index in [-0.39, 0.29) is 11.9 Å². The van der Waals surface area contributed by atoms with E-state index >= 15 is 0 Å². The number of hydrogen-bond acceptors (Lipinski definition) is 6. The minimum Gasteiger partial charge on any atom is -0.465 e. The summed E-state index contributed by atoms with van der Waals surface area (Å²) < 4.78 is 0. The van der Waals surface area contributed by atoms with Gasteiger partial charge < -0.3 is 25.5 Å². The summed E-state index contributed by atoms with van der Waals surface area (Å²) >= 11 is 0. The molecule has 1 aromatic carbocycles. The first-order valence-corrected chi connectivity index (χ1v) is 10.2. The van der Waals surface area contributed by atoms with Crippen LogP contribution in [-0.4, -0.2) is 59.5 Å². The molecule has 1 fully saturated rings. The molecule has 0 unspecified atom stereocenters. The molecule has 9 nitrogen and oxygen atoms in total. The molecule has 0 spiro atoms. The maximum atomic E-state index is 12.2. The zero-order chi connectivity index (χ0) is 21.3. The third-order valence-electron chi connectivity index (χ3n) is 5.70. The van der Waals surface area contributed by atoms with Crippen molar-refractivity contribution >= 4 is 23.5 Å². The molecule has 9 heteroatoms. The van der Waals surface area contributed by atoms with Crippen LogP contribution in [0.25, 0.3) is 11.3 Å². The summed E-state index contributed by atoms with van der Waals surface area (Å²) in [6.07, 6.45) is -0.573. The lowest BCUT2D eigenvalue weighted by Crippen LogP contribution is -2.45. The van der Waals surface area contributed by atoms with Crippen molar-refractivity contribution in [1.29, 1.82) is 0 Å². The number of benzene rings is 1. The fourth-order valence-corrected chi connectivity index (χ4v) is 4.33. The van der Waals surface area contributed by atoms with Crippen LogP contribution in [0, 0.1) is 0 Å². The molecular formula is C21H26N6O3. The first kappa shape index (κ1) is 20.1. The number of amides is 2. The predicted molar refractivity (Wildman–Crippen MR) is 114 cm³/mol. The highest BCUT2D eigenvalue weighted by Gasteiger charge is 2.33. The van der Waals surface area contributed by atoms with Crippen LogP contribution < -0.4 is 20.4 Å². The summed E-state index contributed by atoms with van der Waals surface area (Å²) in [4.78, 5) is 27.4. The van der Waals surface area contributed by atoms with E-state index in [2.05, 4.69) is 25.7 Å². The molecule has 0 aliphatic carbocycles. The largest absolute Gasteiger partial charge is 0.465 e. The third-order valence-corrected chi connectivity index (χ3v) is 5.70. The summed E-state index contributed by atoms with van der Waals surface area (Å²) in [5.74, 6) is 0.783. The smallest absolute Gasteiger partial charge is 0.405 e. The van der Waals surface area contributed by atoms with E-state index < -0.39 is 12.1 Å². The molecule has 158 valence electrons. The van der Waals surface area contributed by atoms with Crippen LogP contribution >= 0.6 is 0 Å². The Bertz CT molecular complexity index is 942. The first-order valence-electron chi connectivity index (χ1n) is 10.2. The van der Waals surface area contributed by atoms with Gasteiger partial charge in [0.05, 0.1) is 11.7 Å². The SMILES string of the molecule is CC(=O)N1c2ccc(-c3ccc(N4CCNCC4)nn3)cc2[C@@H](NC(=O)O)C[C@H]1C. The number of anilines is 2. The molecule has 1 saturated heterocycles. The average Bonchev–Trinajstić information content (AvgIpc) is 2.73. The fraction of sp³-hybridized carbons (Fsp3) is 0.429. The second kappa shape index (κ2) is 8.27. The lowest BCUT2D eigenvalue weighted by molar-refractivity contribution is -0.117. The molecule has 2 amide bonds. The van der Waals surface area contributed by atoms with Crippen molar-refractivity contribution in [2.75, 3.05) is 36.0 Å². The molecule has 0 radical (unpaired) electrons. The second-order valence-corrected chi connectivity index (χ2v) is 7.76. The van der Waals surface area contributed by atoms with Gasteiger partial charge in [0.2, 0.25) is 5.91 Å². The van der Waals surface area contributed by atoms with Gasteiger partial charge in [-0.15, -0.1) is 10.2 Å². The maximum Gasteiger partial charge on any atom is 0.405 e. The van der Waals surface area contributed by atoms with Crippen LogP contribution in [0.3, 0.4) is 0 Å². The summed E-state index contributed by atoms with van der Waals surface area (Å²) in [6.45, 7) is 7.10. The zero-order valence-corrected chi connectivity index (χ0v) is 17.1. The van der Waals surface area contributed by atoms with Crippen LogP contribution in [0.15, 0.2) is 30.3 Å². The molecule has 3 heterocycles. The van der Waals surface area contributed by atoms with Gasteiger partial charge in [0.25, 0.3) is 0 Å². The van der Waals surface area contributed by atoms with E-state index in [1.54, 1.807) is 4.90 Å². The minimum absolute atomic E-state index is 0.0644. The van der Waals surface area contributed by atoms with E-state index in [1.165, 1.54) is 6.92 Å². The lowest BCUT2D eigenvalue weighted by Gasteiger charge is -2.39. The van der Waals surface area contributed by atoms with Gasteiger partial charge in [-0.25, -0.2) is 4.79 Å². The number of hydrogen-bond donors (Lipinski definition) is 3. The van der Waals surface area contributed by atoms with Crippen LogP contribution in [0.1, 0.15) is 31.9 Å². The van der Waals surface area contributed by atoms with Crippen molar-refractivity contribution in [2.24, 2.45) is 0 Å². The summed E-state index contributed by atoms with van der Waals surface area (Å²) in [6, 6.07) is 9.08. The van der Waals surface area contributed by atoms with Gasteiger partial charge in [-0.05, 0) is 43.2 Å². The maximum absolute atomic E-state index is 12.2. The van der Waals surface area contributed by atoms with E-state index in [4.69, 9.17) is 0 Å². The Morgan fingerprint density at radius 1 is 1.17 bits per heavy atom. The highest BCUT2D eigenvalue weighted by Crippen LogP contribution is 2.39. The molecule has 4 rings (SSSR count). The monoisotopic (exact) mass is 410 g/mol. The molecule has 2 aromatic rings. The van der Waals surface area contributed by atoms with E-state index in [1.807, 2.05) is 37.3 Å². The zero-order valence-electron chi connectivity index (χ0n) is 17.1. The van der Waals surface area contributed by atoms with Gasteiger partial charge in [-0.3, -0.25) is 4.79 Å². The summed E-state index contributed by atoms with van der Waals surface area (Å²) in [5, 5.41) is 24.0. The Labute approximate surface area is 175 Å². The fourth-order valence-electron chi connectivity index (χ4n) is 4.33. The van der Waals surface area contributed by atoms with Crippen molar-refractivity contribution in [3.8, 4) is 11.3 Å². The van der Waals surface area contributed by atoms with Crippen LogP contribution in [0.2, 0.25) is 0 Å². The normalized spacial score (nSPS) is 21.1. The van der Waals surface area contributed by atoms with Gasteiger partial charge in [0.1, 0.15) is 0 Å². The number of rotatable bonds is 3. The standard InChI is InChI=1S/C21H26N6O3/c1-13-11-18(23-21(29)30)16-12-15(3-5-19(16)27(13)14(2)28)17-4-6-20(25-24-17)26-9-7-22-8-10-26/h3-6,12-13,18,22-23H,7-11H2,1-2H3,(H,29,30)/t13-,18+/m1/s1. The van der Waals surface area contributed by atoms with Gasteiger partial charge >= 0.3 is 6.09 Å².